The van der Waals surface area contributed by atoms with E-state index in [0.29, 0.717) is 0 Å². The minimum Gasteiger partial charge on any atom is -0.392 e. The van der Waals surface area contributed by atoms with Crippen molar-refractivity contribution in [1.82, 2.24) is 10.2 Å². The zero-order valence-electron chi connectivity index (χ0n) is 6.54. The van der Waals surface area contributed by atoms with E-state index in [0.717, 1.165) is 18.4 Å². The molecule has 0 amide bonds. The first-order valence-electron chi connectivity index (χ1n) is 3.93. The molecule has 0 aromatic carbocycles. The van der Waals surface area contributed by atoms with Gasteiger partial charge in [0.15, 0.2) is 0 Å². The number of aliphatic hydroxyl groups is 1. The van der Waals surface area contributed by atoms with Gasteiger partial charge in [0.2, 0.25) is 0 Å². The fraction of sp³-hybridized carbons (Fsp3) is 0.625. The van der Waals surface area contributed by atoms with E-state index in [9.17, 15) is 5.11 Å². The lowest BCUT2D eigenvalue weighted by molar-refractivity contribution is 0.150. The highest BCUT2D eigenvalue weighted by Crippen LogP contribution is 2.50. The van der Waals surface area contributed by atoms with Crippen molar-refractivity contribution in [3.05, 3.63) is 18.0 Å². The second-order valence-electron chi connectivity index (χ2n) is 3.32. The van der Waals surface area contributed by atoms with E-state index in [4.69, 9.17) is 0 Å². The summed E-state index contributed by atoms with van der Waals surface area (Å²) in [5, 5.41) is 16.1. The van der Waals surface area contributed by atoms with Gasteiger partial charge in [0.05, 0.1) is 12.3 Å². The fourth-order valence-corrected chi connectivity index (χ4v) is 1.61. The molecule has 2 rings (SSSR count). The van der Waals surface area contributed by atoms with Crippen LogP contribution in [0.5, 0.6) is 0 Å². The number of rotatable bonds is 2. The molecule has 1 atom stereocenters. The number of aliphatic hydroxyl groups excluding tert-OH is 1. The maximum Gasteiger partial charge on any atom is 0.0609 e. The normalized spacial score (nSPS) is 23.1. The number of H-pyrrole nitrogens is 1. The van der Waals surface area contributed by atoms with Crippen LogP contribution in [0.4, 0.5) is 0 Å². The zero-order chi connectivity index (χ0) is 7.90. The summed E-state index contributed by atoms with van der Waals surface area (Å²) in [5.41, 5.74) is 1.18. The molecule has 0 bridgehead atoms. The summed E-state index contributed by atoms with van der Waals surface area (Å²) in [6.45, 7) is 1.85. The second-order valence-corrected chi connectivity index (χ2v) is 3.32. The van der Waals surface area contributed by atoms with Gasteiger partial charge in [0.1, 0.15) is 0 Å². The maximum absolute atomic E-state index is 9.47. The highest BCUT2D eigenvalue weighted by Gasteiger charge is 2.48. The Kier molecular flexibility index (Phi) is 1.29. The fourth-order valence-electron chi connectivity index (χ4n) is 1.61. The first kappa shape index (κ1) is 6.85. The molecule has 11 heavy (non-hydrogen) atoms. The molecule has 0 spiro atoms. The first-order valence-corrected chi connectivity index (χ1v) is 3.93. The van der Waals surface area contributed by atoms with Crippen LogP contribution < -0.4 is 0 Å². The van der Waals surface area contributed by atoms with E-state index in [2.05, 4.69) is 10.2 Å². The van der Waals surface area contributed by atoms with Gasteiger partial charge in [-0.2, -0.15) is 5.10 Å². The smallest absolute Gasteiger partial charge is 0.0609 e. The molecule has 1 fully saturated rings. The third kappa shape index (κ3) is 0.878. The predicted molar refractivity (Wildman–Crippen MR) is 41.2 cm³/mol. The van der Waals surface area contributed by atoms with E-state index in [1.165, 1.54) is 0 Å². The Hall–Kier alpha value is -0.830. The third-order valence-corrected chi connectivity index (χ3v) is 2.66. The molecule has 1 aromatic heterocycles. The average Bonchev–Trinajstić information content (AvgIpc) is 2.61. The molecule has 1 aliphatic carbocycles. The summed E-state index contributed by atoms with van der Waals surface area (Å²) in [6.07, 6.45) is 5.61. The number of nitrogens with one attached hydrogen (secondary N) is 1. The summed E-state index contributed by atoms with van der Waals surface area (Å²) in [6, 6.07) is 0. The lowest BCUT2D eigenvalue weighted by Crippen LogP contribution is -2.21. The monoisotopic (exact) mass is 152 g/mol. The highest BCUT2D eigenvalue weighted by atomic mass is 16.3. The van der Waals surface area contributed by atoms with Crippen molar-refractivity contribution in [3.8, 4) is 0 Å². The standard InChI is InChI=1S/C8H12N2O/c1-6(11)8(2-3-8)7-4-9-10-5-7/h4-6,11H,2-3H2,1H3,(H,9,10). The molecular formula is C8H12N2O. The zero-order valence-corrected chi connectivity index (χ0v) is 6.54. The van der Waals surface area contributed by atoms with Crippen molar-refractivity contribution in [2.45, 2.75) is 31.3 Å². The van der Waals surface area contributed by atoms with Crippen LogP contribution in [0.2, 0.25) is 0 Å². The lowest BCUT2D eigenvalue weighted by Gasteiger charge is -2.15. The predicted octanol–water partition coefficient (Wildman–Crippen LogP) is 0.822. The minimum atomic E-state index is -0.250. The van der Waals surface area contributed by atoms with Gasteiger partial charge in [0, 0.05) is 11.6 Å². The van der Waals surface area contributed by atoms with Crippen molar-refractivity contribution in [3.63, 3.8) is 0 Å². The number of nitrogens with zero attached hydrogens (tertiary/aromatic N) is 1. The summed E-state index contributed by atoms with van der Waals surface area (Å²) >= 11 is 0. The minimum absolute atomic E-state index is 0.0347. The van der Waals surface area contributed by atoms with Crippen LogP contribution in [-0.2, 0) is 5.41 Å². The first-order chi connectivity index (χ1) is 5.26. The Labute approximate surface area is 65.4 Å². The van der Waals surface area contributed by atoms with Crippen LogP contribution in [0, 0.1) is 0 Å². The molecule has 1 aliphatic rings. The van der Waals surface area contributed by atoms with E-state index in [-0.39, 0.29) is 11.5 Å². The molecule has 1 saturated carbocycles. The SMILES string of the molecule is CC(O)C1(c2cn[nH]c2)CC1. The van der Waals surface area contributed by atoms with Gasteiger partial charge < -0.3 is 5.11 Å². The van der Waals surface area contributed by atoms with E-state index < -0.39 is 0 Å². The Morgan fingerprint density at radius 1 is 1.73 bits per heavy atom. The number of hydrogen-bond donors (Lipinski definition) is 2. The van der Waals surface area contributed by atoms with E-state index >= 15 is 0 Å². The Balaban J connectivity index is 2.29. The highest BCUT2D eigenvalue weighted by molar-refractivity contribution is 5.28. The molecule has 3 heteroatoms. The molecule has 3 nitrogen and oxygen atoms in total. The van der Waals surface area contributed by atoms with Crippen molar-refractivity contribution >= 4 is 0 Å². The molecule has 0 radical (unpaired) electrons. The molecule has 0 saturated heterocycles. The van der Waals surface area contributed by atoms with E-state index in [1.54, 1.807) is 6.20 Å². The molecule has 60 valence electrons. The summed E-state index contributed by atoms with van der Waals surface area (Å²) < 4.78 is 0. The van der Waals surface area contributed by atoms with Gasteiger partial charge in [-0.15, -0.1) is 0 Å². The molecule has 1 heterocycles. The average molecular weight is 152 g/mol. The second kappa shape index (κ2) is 2.08. The van der Waals surface area contributed by atoms with Gasteiger partial charge in [-0.05, 0) is 25.3 Å². The van der Waals surface area contributed by atoms with Crippen molar-refractivity contribution in [1.29, 1.82) is 0 Å². The van der Waals surface area contributed by atoms with Crippen molar-refractivity contribution < 1.29 is 5.11 Å². The van der Waals surface area contributed by atoms with E-state index in [1.807, 2.05) is 13.1 Å². The van der Waals surface area contributed by atoms with Crippen LogP contribution in [0.1, 0.15) is 25.3 Å². The number of hydrogen-bond acceptors (Lipinski definition) is 2. The van der Waals surface area contributed by atoms with Gasteiger partial charge in [0.25, 0.3) is 0 Å². The number of aromatic nitrogens is 2. The largest absolute Gasteiger partial charge is 0.392 e. The third-order valence-electron chi connectivity index (χ3n) is 2.66. The van der Waals surface area contributed by atoms with Crippen LogP contribution in [0.3, 0.4) is 0 Å². The quantitative estimate of drug-likeness (QED) is 0.659. The van der Waals surface area contributed by atoms with Gasteiger partial charge in [-0.1, -0.05) is 0 Å². The molecular weight excluding hydrogens is 140 g/mol. The van der Waals surface area contributed by atoms with Gasteiger partial charge in [-0.25, -0.2) is 0 Å². The molecule has 0 aliphatic heterocycles. The van der Waals surface area contributed by atoms with Crippen LogP contribution in [0.15, 0.2) is 12.4 Å². The van der Waals surface area contributed by atoms with Gasteiger partial charge >= 0.3 is 0 Å². The topological polar surface area (TPSA) is 48.9 Å². The Morgan fingerprint density at radius 2 is 2.45 bits per heavy atom. The molecule has 2 N–H and O–H groups in total. The number of aromatic amines is 1. The molecule has 1 unspecified atom stereocenters. The van der Waals surface area contributed by atoms with Crippen LogP contribution in [-0.4, -0.2) is 21.4 Å². The van der Waals surface area contributed by atoms with Crippen molar-refractivity contribution in [2.75, 3.05) is 0 Å². The summed E-state index contributed by atoms with van der Waals surface area (Å²) in [7, 11) is 0. The Morgan fingerprint density at radius 3 is 2.82 bits per heavy atom. The van der Waals surface area contributed by atoms with Crippen LogP contribution in [0.25, 0.3) is 0 Å². The van der Waals surface area contributed by atoms with Crippen LogP contribution >= 0.6 is 0 Å². The lowest BCUT2D eigenvalue weighted by atomic mass is 9.94. The summed E-state index contributed by atoms with van der Waals surface area (Å²) in [5.74, 6) is 0. The van der Waals surface area contributed by atoms with Crippen molar-refractivity contribution in [2.24, 2.45) is 0 Å². The summed E-state index contributed by atoms with van der Waals surface area (Å²) in [4.78, 5) is 0. The molecule has 1 aromatic rings. The Bertz CT molecular complexity index is 237. The maximum atomic E-state index is 9.47. The van der Waals surface area contributed by atoms with Gasteiger partial charge in [-0.3, -0.25) is 5.10 Å².